The molecule has 9 heteroatoms. The van der Waals surface area contributed by atoms with Gasteiger partial charge in [0, 0.05) is 61.4 Å². The van der Waals surface area contributed by atoms with Crippen LogP contribution in [0, 0.1) is 20.8 Å². The third-order valence-corrected chi connectivity index (χ3v) is 7.88. The summed E-state index contributed by atoms with van der Waals surface area (Å²) >= 11 is 0. The van der Waals surface area contributed by atoms with Crippen molar-refractivity contribution in [1.82, 2.24) is 15.6 Å². The van der Waals surface area contributed by atoms with Gasteiger partial charge in [-0.3, -0.25) is 10.1 Å². The molecule has 3 aromatic rings. The highest BCUT2D eigenvalue weighted by atomic mass is 19.3. The molecule has 0 amide bonds. The number of nitrogens with one attached hydrogen (secondary N) is 3. The Labute approximate surface area is 240 Å². The first kappa shape index (κ1) is 30.8. The number of H-pyrrole nitrogens is 1. The van der Waals surface area contributed by atoms with Gasteiger partial charge in [0.25, 0.3) is 12.0 Å². The van der Waals surface area contributed by atoms with Crippen LogP contribution >= 0.6 is 0 Å². The number of ether oxygens (including phenoxy) is 1. The molecule has 1 aliphatic heterocycles. The van der Waals surface area contributed by atoms with E-state index in [0.29, 0.717) is 18.2 Å². The minimum Gasteiger partial charge on any atom is -0.381 e. The van der Waals surface area contributed by atoms with Gasteiger partial charge in [-0.2, -0.15) is 0 Å². The number of halogens is 2. The van der Waals surface area contributed by atoms with E-state index in [4.69, 9.17) is 4.74 Å². The maximum atomic E-state index is 12.6. The summed E-state index contributed by atoms with van der Waals surface area (Å²) in [5.74, 6) is 0. The Morgan fingerprint density at radius 1 is 1.05 bits per heavy atom. The number of nitrogens with zero attached hydrogens (tertiary/aromatic N) is 1. The molecule has 4 N–H and O–H groups in total. The first-order chi connectivity index (χ1) is 19.7. The lowest BCUT2D eigenvalue weighted by Crippen LogP contribution is -2.40. The van der Waals surface area contributed by atoms with Gasteiger partial charge in [-0.15, -0.1) is 0 Å². The van der Waals surface area contributed by atoms with Gasteiger partial charge in [-0.25, -0.2) is 8.78 Å². The van der Waals surface area contributed by atoms with E-state index in [2.05, 4.69) is 33.5 Å². The zero-order valence-electron chi connectivity index (χ0n) is 24.4. The second-order valence-electron chi connectivity index (χ2n) is 10.8. The van der Waals surface area contributed by atoms with Crippen molar-refractivity contribution < 1.29 is 18.6 Å². The quantitative estimate of drug-likeness (QED) is 0.227. The normalized spacial score (nSPS) is 14.9. The van der Waals surface area contributed by atoms with E-state index in [1.54, 1.807) is 0 Å². The van der Waals surface area contributed by atoms with E-state index in [0.717, 1.165) is 77.4 Å². The lowest BCUT2D eigenvalue weighted by molar-refractivity contribution is 0.0846. The molecule has 2 heterocycles. The molecule has 222 valence electrons. The smallest absolute Gasteiger partial charge is 0.252 e. The number of aromatic amines is 1. The number of aliphatic hydroxyl groups is 1. The molecule has 1 aromatic heterocycles. The minimum atomic E-state index is -2.38. The predicted molar refractivity (Wildman–Crippen MR) is 160 cm³/mol. The summed E-state index contributed by atoms with van der Waals surface area (Å²) in [6, 6.07) is 14.3. The van der Waals surface area contributed by atoms with E-state index in [1.165, 1.54) is 0 Å². The Morgan fingerprint density at radius 3 is 2.39 bits per heavy atom. The van der Waals surface area contributed by atoms with Crippen molar-refractivity contribution in [2.45, 2.75) is 72.3 Å². The molecule has 1 saturated heterocycles. The average molecular weight is 569 g/mol. The number of benzene rings is 2. The molecule has 1 fully saturated rings. The lowest BCUT2D eigenvalue weighted by Gasteiger charge is -2.37. The number of hydrogen-bond acceptors (Lipinski definition) is 6. The number of anilines is 1. The van der Waals surface area contributed by atoms with Gasteiger partial charge in [-0.05, 0) is 86.6 Å². The lowest BCUT2D eigenvalue weighted by atomic mass is 9.94. The molecule has 4 rings (SSSR count). The van der Waals surface area contributed by atoms with Gasteiger partial charge >= 0.3 is 0 Å². The molecule has 2 aromatic carbocycles. The van der Waals surface area contributed by atoms with Crippen LogP contribution < -0.4 is 21.1 Å². The van der Waals surface area contributed by atoms with Crippen molar-refractivity contribution in [3.05, 3.63) is 86.3 Å². The zero-order valence-corrected chi connectivity index (χ0v) is 24.4. The fraction of sp³-hybridized carbons (Fsp3) is 0.469. The van der Waals surface area contributed by atoms with Crippen LogP contribution in [0.5, 0.6) is 0 Å². The van der Waals surface area contributed by atoms with Crippen LogP contribution in [0.4, 0.5) is 14.5 Å². The molecule has 0 saturated carbocycles. The van der Waals surface area contributed by atoms with Crippen molar-refractivity contribution in [1.29, 1.82) is 0 Å². The maximum Gasteiger partial charge on any atom is 0.252 e. The Kier molecular flexibility index (Phi) is 10.7. The standard InChI is InChI=1S/C32H42F2N4O3/c1-5-38(26-10-12-41-13-11-26)29-16-25(24-8-6-23(7-9-24)17-35-19-30(33)34)15-27(22(29)4)31(39)36-18-28-20(2)14-21(3)37-32(28)40/h6-9,14-16,26,30-31,35-36,39H,5,10-13,17-19H2,1-4H3,(H,37,40). The zero-order chi connectivity index (χ0) is 29.5. The van der Waals surface area contributed by atoms with Crippen molar-refractivity contribution >= 4 is 5.69 Å². The van der Waals surface area contributed by atoms with Crippen molar-refractivity contribution in [3.63, 3.8) is 0 Å². The van der Waals surface area contributed by atoms with Crippen molar-refractivity contribution in [3.8, 4) is 11.1 Å². The van der Waals surface area contributed by atoms with E-state index in [9.17, 15) is 18.7 Å². The summed E-state index contributed by atoms with van der Waals surface area (Å²) in [6.45, 7) is 10.4. The molecule has 0 radical (unpaired) electrons. The molecule has 1 atom stereocenters. The van der Waals surface area contributed by atoms with Gasteiger partial charge in [0.1, 0.15) is 6.23 Å². The highest BCUT2D eigenvalue weighted by Crippen LogP contribution is 2.35. The monoisotopic (exact) mass is 568 g/mol. The molecular formula is C32H42F2N4O3. The van der Waals surface area contributed by atoms with Crippen molar-refractivity contribution in [2.75, 3.05) is 31.2 Å². The number of aliphatic hydroxyl groups excluding tert-OH is 1. The molecule has 0 aliphatic carbocycles. The maximum absolute atomic E-state index is 12.6. The summed E-state index contributed by atoms with van der Waals surface area (Å²) in [4.78, 5) is 17.8. The summed E-state index contributed by atoms with van der Waals surface area (Å²) in [5.41, 5.74) is 7.71. The van der Waals surface area contributed by atoms with Gasteiger partial charge in [-0.1, -0.05) is 24.3 Å². The van der Waals surface area contributed by atoms with E-state index in [-0.39, 0.29) is 18.6 Å². The van der Waals surface area contributed by atoms with Gasteiger partial charge < -0.3 is 25.0 Å². The van der Waals surface area contributed by atoms with Crippen LogP contribution in [0.2, 0.25) is 0 Å². The summed E-state index contributed by atoms with van der Waals surface area (Å²) in [6.07, 6.45) is -1.52. The summed E-state index contributed by atoms with van der Waals surface area (Å²) in [7, 11) is 0. The largest absolute Gasteiger partial charge is 0.381 e. The second-order valence-corrected chi connectivity index (χ2v) is 10.8. The Morgan fingerprint density at radius 2 is 1.76 bits per heavy atom. The van der Waals surface area contributed by atoms with Crippen LogP contribution in [0.3, 0.4) is 0 Å². The molecular weight excluding hydrogens is 526 g/mol. The number of pyridine rings is 1. The summed E-state index contributed by atoms with van der Waals surface area (Å²) < 4.78 is 30.6. The van der Waals surface area contributed by atoms with Crippen LogP contribution in [0.25, 0.3) is 11.1 Å². The highest BCUT2D eigenvalue weighted by Gasteiger charge is 2.25. The number of rotatable bonds is 12. The molecule has 1 aliphatic rings. The number of hydrogen-bond donors (Lipinski definition) is 4. The third kappa shape index (κ3) is 7.80. The van der Waals surface area contributed by atoms with Crippen LogP contribution in [-0.2, 0) is 17.8 Å². The van der Waals surface area contributed by atoms with E-state index in [1.807, 2.05) is 57.2 Å². The Bertz CT molecular complexity index is 1350. The average Bonchev–Trinajstić information content (AvgIpc) is 2.94. The van der Waals surface area contributed by atoms with Gasteiger partial charge in [0.2, 0.25) is 0 Å². The molecule has 0 spiro atoms. The Balaban J connectivity index is 1.67. The van der Waals surface area contributed by atoms with Crippen LogP contribution in [-0.4, -0.2) is 48.9 Å². The minimum absolute atomic E-state index is 0.159. The van der Waals surface area contributed by atoms with E-state index < -0.39 is 12.7 Å². The van der Waals surface area contributed by atoms with Gasteiger partial charge in [0.15, 0.2) is 0 Å². The Hall–Kier alpha value is -3.11. The highest BCUT2D eigenvalue weighted by molar-refractivity contribution is 5.73. The fourth-order valence-electron chi connectivity index (χ4n) is 5.64. The molecule has 0 bridgehead atoms. The SMILES string of the molecule is CCN(c1cc(-c2ccc(CNCC(F)F)cc2)cc(C(O)NCc2c(C)cc(C)[nH]c2=O)c1C)C1CCOCC1. The predicted octanol–water partition coefficient (Wildman–Crippen LogP) is 5.11. The summed E-state index contributed by atoms with van der Waals surface area (Å²) in [5, 5.41) is 17.3. The number of aromatic nitrogens is 1. The van der Waals surface area contributed by atoms with E-state index >= 15 is 0 Å². The van der Waals surface area contributed by atoms with Gasteiger partial charge in [0.05, 0.1) is 6.54 Å². The molecule has 1 unspecified atom stereocenters. The van der Waals surface area contributed by atoms with Crippen LogP contribution in [0.15, 0.2) is 47.3 Å². The molecule has 7 nitrogen and oxygen atoms in total. The van der Waals surface area contributed by atoms with Crippen molar-refractivity contribution in [2.24, 2.45) is 0 Å². The third-order valence-electron chi connectivity index (χ3n) is 7.88. The van der Waals surface area contributed by atoms with Crippen LogP contribution in [0.1, 0.15) is 59.5 Å². The number of aryl methyl sites for hydroxylation is 2. The molecule has 41 heavy (non-hydrogen) atoms. The first-order valence-electron chi connectivity index (χ1n) is 14.4. The topological polar surface area (TPSA) is 89.6 Å². The number of alkyl halides is 2. The fourth-order valence-corrected chi connectivity index (χ4v) is 5.64. The second kappa shape index (κ2) is 14.2. The first-order valence-corrected chi connectivity index (χ1v) is 14.4.